The molecule has 32 heavy (non-hydrogen) atoms. The lowest BCUT2D eigenvalue weighted by Crippen LogP contribution is -2.34. The zero-order valence-corrected chi connectivity index (χ0v) is 19.5. The lowest BCUT2D eigenvalue weighted by atomic mass is 10.2. The lowest BCUT2D eigenvalue weighted by Gasteiger charge is -2.06. The van der Waals surface area contributed by atoms with E-state index < -0.39 is 17.8 Å². The van der Waals surface area contributed by atoms with Gasteiger partial charge in [-0.15, -0.1) is 0 Å². The number of esters is 1. The summed E-state index contributed by atoms with van der Waals surface area (Å²) < 4.78 is 6.17. The van der Waals surface area contributed by atoms with Crippen LogP contribution in [0.2, 0.25) is 5.02 Å². The molecule has 0 aromatic heterocycles. The van der Waals surface area contributed by atoms with Crippen molar-refractivity contribution < 1.29 is 19.1 Å². The quantitative estimate of drug-likeness (QED) is 0.150. The number of nitrogens with zero attached hydrogens (tertiary/aromatic N) is 1. The molecule has 3 aromatic carbocycles. The van der Waals surface area contributed by atoms with Gasteiger partial charge >= 0.3 is 5.97 Å². The number of benzene rings is 3. The predicted molar refractivity (Wildman–Crippen MR) is 130 cm³/mol. The molecule has 0 radical (unpaired) electrons. The maximum absolute atomic E-state index is 12.2. The Morgan fingerprint density at radius 1 is 1.00 bits per heavy atom. The van der Waals surface area contributed by atoms with Gasteiger partial charge in [0.2, 0.25) is 0 Å². The molecule has 2 N–H and O–H groups in total. The number of amides is 2. The summed E-state index contributed by atoms with van der Waals surface area (Å²) in [4.78, 5) is 36.1. The van der Waals surface area contributed by atoms with Crippen molar-refractivity contribution in [1.29, 1.82) is 0 Å². The minimum Gasteiger partial charge on any atom is -0.423 e. The highest BCUT2D eigenvalue weighted by molar-refractivity contribution is 14.1. The van der Waals surface area contributed by atoms with Crippen LogP contribution in [0.5, 0.6) is 5.75 Å². The average molecular weight is 562 g/mol. The number of hydrazone groups is 1. The fourth-order valence-corrected chi connectivity index (χ4v) is 3.32. The molecule has 0 unspecified atom stereocenters. The second kappa shape index (κ2) is 11.4. The van der Waals surface area contributed by atoms with E-state index in [0.29, 0.717) is 27.5 Å². The van der Waals surface area contributed by atoms with Crippen LogP contribution in [0.3, 0.4) is 0 Å². The minimum atomic E-state index is -0.486. The Hall–Kier alpha value is -3.24. The smallest absolute Gasteiger partial charge is 0.344 e. The molecule has 0 fully saturated rings. The lowest BCUT2D eigenvalue weighted by molar-refractivity contribution is -0.120. The molecule has 0 heterocycles. The van der Waals surface area contributed by atoms with E-state index in [9.17, 15) is 14.4 Å². The molecule has 0 aliphatic carbocycles. The molecular weight excluding hydrogens is 545 g/mol. The normalized spacial score (nSPS) is 10.6. The molecule has 0 aliphatic rings. The van der Waals surface area contributed by atoms with Gasteiger partial charge in [-0.2, -0.15) is 5.10 Å². The molecule has 162 valence electrons. The van der Waals surface area contributed by atoms with E-state index in [1.807, 2.05) is 12.1 Å². The standard InChI is InChI=1S/C23H17ClIN3O4/c24-17-5-3-4-16(12-17)22(30)26-14-21(29)28-27-13-15-8-10-18(11-9-15)32-23(31)19-6-1-2-7-20(19)25/h1-13H,14H2,(H,26,30)(H,28,29). The first kappa shape index (κ1) is 23.4. The molecule has 0 aliphatic heterocycles. The monoisotopic (exact) mass is 561 g/mol. The van der Waals surface area contributed by atoms with Crippen LogP contribution in [-0.2, 0) is 4.79 Å². The fraction of sp³-hybridized carbons (Fsp3) is 0.0435. The van der Waals surface area contributed by atoms with Crippen molar-refractivity contribution in [2.24, 2.45) is 5.10 Å². The second-order valence-corrected chi connectivity index (χ2v) is 8.02. The molecule has 0 saturated heterocycles. The summed E-state index contributed by atoms with van der Waals surface area (Å²) in [6, 6.07) is 20.2. The van der Waals surface area contributed by atoms with Crippen molar-refractivity contribution in [2.75, 3.05) is 6.54 Å². The summed E-state index contributed by atoms with van der Waals surface area (Å²) in [5, 5.41) is 6.77. The van der Waals surface area contributed by atoms with Crippen LogP contribution in [0.1, 0.15) is 26.3 Å². The van der Waals surface area contributed by atoms with Crippen molar-refractivity contribution in [3.8, 4) is 5.75 Å². The van der Waals surface area contributed by atoms with Crippen molar-refractivity contribution >= 4 is 58.2 Å². The molecule has 0 bridgehead atoms. The van der Waals surface area contributed by atoms with E-state index in [0.717, 1.165) is 3.57 Å². The Bertz CT molecular complexity index is 1170. The Morgan fingerprint density at radius 3 is 2.47 bits per heavy atom. The average Bonchev–Trinajstić information content (AvgIpc) is 2.79. The van der Waals surface area contributed by atoms with Crippen LogP contribution in [0, 0.1) is 3.57 Å². The van der Waals surface area contributed by atoms with Crippen LogP contribution in [-0.4, -0.2) is 30.5 Å². The molecule has 2 amide bonds. The van der Waals surface area contributed by atoms with Crippen molar-refractivity contribution in [2.45, 2.75) is 0 Å². The molecular formula is C23H17ClIN3O4. The van der Waals surface area contributed by atoms with Crippen LogP contribution < -0.4 is 15.5 Å². The molecule has 7 nitrogen and oxygen atoms in total. The number of carbonyl (C=O) groups excluding carboxylic acids is 3. The molecule has 0 atom stereocenters. The predicted octanol–water partition coefficient (Wildman–Crippen LogP) is 4.04. The first-order valence-electron chi connectivity index (χ1n) is 9.35. The third-order valence-corrected chi connectivity index (χ3v) is 5.26. The van der Waals surface area contributed by atoms with E-state index in [2.05, 4.69) is 38.4 Å². The molecule has 0 spiro atoms. The van der Waals surface area contributed by atoms with E-state index >= 15 is 0 Å². The number of halogens is 2. The van der Waals surface area contributed by atoms with Crippen molar-refractivity contribution in [3.05, 3.63) is 98.1 Å². The highest BCUT2D eigenvalue weighted by Crippen LogP contribution is 2.17. The summed E-state index contributed by atoms with van der Waals surface area (Å²) in [5.74, 6) is -0.954. The zero-order valence-electron chi connectivity index (χ0n) is 16.5. The van der Waals surface area contributed by atoms with Gasteiger partial charge in [-0.05, 0) is 82.8 Å². The molecule has 9 heteroatoms. The van der Waals surface area contributed by atoms with Gasteiger partial charge in [0.25, 0.3) is 11.8 Å². The number of nitrogens with one attached hydrogen (secondary N) is 2. The topological polar surface area (TPSA) is 96.9 Å². The number of ether oxygens (including phenoxy) is 1. The minimum absolute atomic E-state index is 0.240. The number of rotatable bonds is 7. The van der Waals surface area contributed by atoms with E-state index in [1.54, 1.807) is 54.6 Å². The summed E-state index contributed by atoms with van der Waals surface area (Å²) >= 11 is 7.92. The Morgan fingerprint density at radius 2 is 1.75 bits per heavy atom. The largest absolute Gasteiger partial charge is 0.423 e. The maximum Gasteiger partial charge on any atom is 0.344 e. The highest BCUT2D eigenvalue weighted by Gasteiger charge is 2.11. The molecule has 3 aromatic rings. The van der Waals surface area contributed by atoms with E-state index in [1.165, 1.54) is 12.3 Å². The summed E-state index contributed by atoms with van der Waals surface area (Å²) in [6.45, 7) is -0.240. The second-order valence-electron chi connectivity index (χ2n) is 6.42. The molecule has 3 rings (SSSR count). The van der Waals surface area contributed by atoms with Gasteiger partial charge in [0, 0.05) is 14.2 Å². The maximum atomic E-state index is 12.2. The summed E-state index contributed by atoms with van der Waals surface area (Å²) in [5.41, 5.74) is 3.86. The summed E-state index contributed by atoms with van der Waals surface area (Å²) in [7, 11) is 0. The van der Waals surface area contributed by atoms with Crippen LogP contribution in [0.4, 0.5) is 0 Å². The SMILES string of the molecule is O=C(CNC(=O)c1cccc(Cl)c1)NN=Cc1ccc(OC(=O)c2ccccc2I)cc1. The zero-order chi connectivity index (χ0) is 22.9. The number of carbonyl (C=O) groups is 3. The van der Waals surface area contributed by atoms with Gasteiger partial charge in [0.05, 0.1) is 18.3 Å². The van der Waals surface area contributed by atoms with Crippen LogP contribution >= 0.6 is 34.2 Å². The Kier molecular flexibility index (Phi) is 8.34. The van der Waals surface area contributed by atoms with Crippen LogP contribution in [0.25, 0.3) is 0 Å². The van der Waals surface area contributed by atoms with Crippen LogP contribution in [0.15, 0.2) is 77.9 Å². The summed E-state index contributed by atoms with van der Waals surface area (Å²) in [6.07, 6.45) is 1.43. The van der Waals surface area contributed by atoms with E-state index in [4.69, 9.17) is 16.3 Å². The first-order valence-corrected chi connectivity index (χ1v) is 10.8. The fourth-order valence-electron chi connectivity index (χ4n) is 2.52. The number of hydrogen-bond acceptors (Lipinski definition) is 5. The van der Waals surface area contributed by atoms with Gasteiger partial charge in [0.15, 0.2) is 0 Å². The van der Waals surface area contributed by atoms with E-state index in [-0.39, 0.29) is 6.54 Å². The first-order chi connectivity index (χ1) is 15.4. The molecule has 0 saturated carbocycles. The van der Waals surface area contributed by atoms with Crippen molar-refractivity contribution in [3.63, 3.8) is 0 Å². The van der Waals surface area contributed by atoms with Gasteiger partial charge in [-0.3, -0.25) is 9.59 Å². The van der Waals surface area contributed by atoms with Gasteiger partial charge < -0.3 is 10.1 Å². The van der Waals surface area contributed by atoms with Gasteiger partial charge in [0.1, 0.15) is 5.75 Å². The Balaban J connectivity index is 1.46. The van der Waals surface area contributed by atoms with Gasteiger partial charge in [-0.1, -0.05) is 29.8 Å². The van der Waals surface area contributed by atoms with Crippen molar-refractivity contribution in [1.82, 2.24) is 10.7 Å². The third-order valence-electron chi connectivity index (χ3n) is 4.08. The Labute approximate surface area is 202 Å². The third kappa shape index (κ3) is 6.89. The van der Waals surface area contributed by atoms with Gasteiger partial charge in [-0.25, -0.2) is 10.2 Å². The highest BCUT2D eigenvalue weighted by atomic mass is 127. The number of hydrogen-bond donors (Lipinski definition) is 2.